The van der Waals surface area contributed by atoms with Crippen LogP contribution >= 0.6 is 0 Å². The number of amides is 1. The van der Waals surface area contributed by atoms with Gasteiger partial charge in [-0.1, -0.05) is 19.8 Å². The van der Waals surface area contributed by atoms with Crippen molar-refractivity contribution in [1.29, 1.82) is 0 Å². The Morgan fingerprint density at radius 2 is 1.72 bits per heavy atom. The van der Waals surface area contributed by atoms with Crippen LogP contribution < -0.4 is 4.90 Å². The van der Waals surface area contributed by atoms with E-state index in [1.807, 2.05) is 11.0 Å². The maximum Gasteiger partial charge on any atom is 0.270 e. The number of likely N-dealkylation sites (tertiary alicyclic amines) is 1. The summed E-state index contributed by atoms with van der Waals surface area (Å²) in [7, 11) is 0. The molecule has 6 nitrogen and oxygen atoms in total. The number of hydrogen-bond acceptors (Lipinski definition) is 4. The summed E-state index contributed by atoms with van der Waals surface area (Å²) in [5.74, 6) is 1.86. The fraction of sp³-hybridized carbons (Fsp3) is 0.652. The first kappa shape index (κ1) is 18.9. The molecule has 5 rings (SSSR count). The third-order valence-corrected chi connectivity index (χ3v) is 7.25. The molecule has 1 N–H and O–H groups in total. The van der Waals surface area contributed by atoms with E-state index in [-0.39, 0.29) is 5.91 Å². The molecule has 1 amide bonds. The summed E-state index contributed by atoms with van der Waals surface area (Å²) in [5.41, 5.74) is 1.50. The van der Waals surface area contributed by atoms with Gasteiger partial charge in [-0.3, -0.25) is 9.69 Å². The fourth-order valence-electron chi connectivity index (χ4n) is 5.25. The summed E-state index contributed by atoms with van der Waals surface area (Å²) in [6, 6.07) is 6.98. The predicted molar refractivity (Wildman–Crippen MR) is 116 cm³/mol. The molecule has 0 radical (unpaired) electrons. The molecular weight excluding hydrogens is 362 g/mol. The van der Waals surface area contributed by atoms with Crippen LogP contribution in [-0.2, 0) is 0 Å². The second kappa shape index (κ2) is 7.98. The Balaban J connectivity index is 1.26. The van der Waals surface area contributed by atoms with E-state index in [9.17, 15) is 4.79 Å². The van der Waals surface area contributed by atoms with Crippen molar-refractivity contribution >= 4 is 22.8 Å². The van der Waals surface area contributed by atoms with Crippen LogP contribution in [0.3, 0.4) is 0 Å². The Hall–Kier alpha value is -2.08. The van der Waals surface area contributed by atoms with E-state index >= 15 is 0 Å². The second-order valence-electron chi connectivity index (χ2n) is 9.23. The molecule has 2 aromatic rings. The third kappa shape index (κ3) is 3.87. The van der Waals surface area contributed by atoms with Gasteiger partial charge >= 0.3 is 0 Å². The van der Waals surface area contributed by atoms with Crippen molar-refractivity contribution < 1.29 is 4.79 Å². The highest BCUT2D eigenvalue weighted by Crippen LogP contribution is 2.26. The van der Waals surface area contributed by atoms with Crippen molar-refractivity contribution in [2.24, 2.45) is 5.92 Å². The molecule has 29 heavy (non-hydrogen) atoms. The number of aromatic nitrogens is 2. The number of carbonyl (C=O) groups is 1. The summed E-state index contributed by atoms with van der Waals surface area (Å²) in [4.78, 5) is 28.1. The Bertz CT molecular complexity index is 855. The first-order valence-corrected chi connectivity index (χ1v) is 11.5. The molecule has 156 valence electrons. The molecule has 6 heteroatoms. The van der Waals surface area contributed by atoms with Crippen LogP contribution in [-0.4, -0.2) is 71.0 Å². The SMILES string of the molecule is CC1CCN(C(=O)c2cc3ccc(N4CCN(C5CCCC5)CC4)nc3[nH]2)CC1. The highest BCUT2D eigenvalue weighted by molar-refractivity contribution is 5.97. The van der Waals surface area contributed by atoms with Crippen LogP contribution in [0.4, 0.5) is 5.82 Å². The summed E-state index contributed by atoms with van der Waals surface area (Å²) >= 11 is 0. The zero-order valence-electron chi connectivity index (χ0n) is 17.6. The molecule has 0 bridgehead atoms. The molecule has 1 saturated carbocycles. The molecule has 2 saturated heterocycles. The molecule has 3 aliphatic rings. The first-order chi connectivity index (χ1) is 14.2. The van der Waals surface area contributed by atoms with E-state index in [4.69, 9.17) is 4.98 Å². The summed E-state index contributed by atoms with van der Waals surface area (Å²) in [6.45, 7) is 8.32. The maximum absolute atomic E-state index is 12.9. The Morgan fingerprint density at radius 3 is 2.45 bits per heavy atom. The van der Waals surface area contributed by atoms with E-state index in [0.29, 0.717) is 5.69 Å². The molecule has 0 aromatic carbocycles. The fourth-order valence-corrected chi connectivity index (χ4v) is 5.25. The Morgan fingerprint density at radius 1 is 1.00 bits per heavy atom. The molecule has 0 spiro atoms. The summed E-state index contributed by atoms with van der Waals surface area (Å²) in [5, 5.41) is 1.02. The number of nitrogens with one attached hydrogen (secondary N) is 1. The lowest BCUT2D eigenvalue weighted by atomic mass is 9.99. The van der Waals surface area contributed by atoms with E-state index in [1.54, 1.807) is 0 Å². The zero-order chi connectivity index (χ0) is 19.8. The number of carbonyl (C=O) groups excluding carboxylic acids is 1. The van der Waals surface area contributed by atoms with E-state index in [2.05, 4.69) is 33.8 Å². The van der Waals surface area contributed by atoms with Gasteiger partial charge in [-0.15, -0.1) is 0 Å². The van der Waals surface area contributed by atoms with Gasteiger partial charge in [0.25, 0.3) is 5.91 Å². The number of aromatic amines is 1. The van der Waals surface area contributed by atoms with Crippen LogP contribution in [0.2, 0.25) is 0 Å². The number of rotatable bonds is 3. The Labute approximate surface area is 173 Å². The van der Waals surface area contributed by atoms with Crippen LogP contribution in [0.15, 0.2) is 18.2 Å². The topological polar surface area (TPSA) is 55.5 Å². The maximum atomic E-state index is 12.9. The molecule has 2 aromatic heterocycles. The minimum atomic E-state index is 0.113. The van der Waals surface area contributed by atoms with Gasteiger partial charge < -0.3 is 14.8 Å². The van der Waals surface area contributed by atoms with Crippen LogP contribution in [0.1, 0.15) is 55.9 Å². The number of piperidine rings is 1. The average Bonchev–Trinajstić information content (AvgIpc) is 3.43. The van der Waals surface area contributed by atoms with Crippen molar-refractivity contribution in [2.45, 2.75) is 51.5 Å². The number of fused-ring (bicyclic) bond motifs is 1. The van der Waals surface area contributed by atoms with Crippen molar-refractivity contribution in [1.82, 2.24) is 19.8 Å². The number of hydrogen-bond donors (Lipinski definition) is 1. The molecule has 2 aliphatic heterocycles. The van der Waals surface area contributed by atoms with Crippen molar-refractivity contribution in [2.75, 3.05) is 44.2 Å². The van der Waals surface area contributed by atoms with Crippen LogP contribution in [0, 0.1) is 5.92 Å². The highest BCUT2D eigenvalue weighted by Gasteiger charge is 2.27. The number of piperazine rings is 1. The summed E-state index contributed by atoms with van der Waals surface area (Å²) < 4.78 is 0. The quantitative estimate of drug-likeness (QED) is 0.864. The molecule has 3 fully saturated rings. The van der Waals surface area contributed by atoms with E-state index < -0.39 is 0 Å². The molecule has 1 aliphatic carbocycles. The number of pyridine rings is 1. The lowest BCUT2D eigenvalue weighted by molar-refractivity contribution is 0.0692. The molecule has 4 heterocycles. The smallest absolute Gasteiger partial charge is 0.270 e. The second-order valence-corrected chi connectivity index (χ2v) is 9.23. The van der Waals surface area contributed by atoms with Gasteiger partial charge in [0.15, 0.2) is 0 Å². The van der Waals surface area contributed by atoms with E-state index in [0.717, 1.165) is 80.9 Å². The first-order valence-electron chi connectivity index (χ1n) is 11.5. The van der Waals surface area contributed by atoms with Gasteiger partial charge in [-0.2, -0.15) is 0 Å². The van der Waals surface area contributed by atoms with E-state index in [1.165, 1.54) is 25.7 Å². The van der Waals surface area contributed by atoms with Crippen LogP contribution in [0.25, 0.3) is 11.0 Å². The number of H-pyrrole nitrogens is 1. The van der Waals surface area contributed by atoms with Crippen molar-refractivity contribution in [3.8, 4) is 0 Å². The van der Waals surface area contributed by atoms with Gasteiger partial charge in [-0.25, -0.2) is 4.98 Å². The van der Waals surface area contributed by atoms with Crippen molar-refractivity contribution in [3.63, 3.8) is 0 Å². The van der Waals surface area contributed by atoms with Gasteiger partial charge in [0.05, 0.1) is 0 Å². The lowest BCUT2D eigenvalue weighted by Crippen LogP contribution is -2.49. The minimum Gasteiger partial charge on any atom is -0.354 e. The van der Waals surface area contributed by atoms with Crippen molar-refractivity contribution in [3.05, 3.63) is 23.9 Å². The largest absolute Gasteiger partial charge is 0.354 e. The van der Waals surface area contributed by atoms with Gasteiger partial charge in [0, 0.05) is 50.7 Å². The third-order valence-electron chi connectivity index (χ3n) is 7.25. The minimum absolute atomic E-state index is 0.113. The average molecular weight is 396 g/mol. The van der Waals surface area contributed by atoms with Gasteiger partial charge in [-0.05, 0) is 49.8 Å². The molecular formula is C23H33N5O. The van der Waals surface area contributed by atoms with Gasteiger partial charge in [0.1, 0.15) is 17.2 Å². The zero-order valence-corrected chi connectivity index (χ0v) is 17.6. The lowest BCUT2D eigenvalue weighted by Gasteiger charge is -2.38. The summed E-state index contributed by atoms with van der Waals surface area (Å²) in [6.07, 6.45) is 7.74. The predicted octanol–water partition coefficient (Wildman–Crippen LogP) is 3.50. The van der Waals surface area contributed by atoms with Gasteiger partial charge in [0.2, 0.25) is 0 Å². The standard InChI is InChI=1S/C23H33N5O/c1-17-8-10-28(11-9-17)23(29)20-16-18-6-7-21(25-22(18)24-20)27-14-12-26(13-15-27)19-4-2-3-5-19/h6-7,16-17,19H,2-5,8-15H2,1H3,(H,24,25). The molecule has 0 unspecified atom stereocenters. The molecule has 0 atom stereocenters. The monoisotopic (exact) mass is 395 g/mol. The normalized spacial score (nSPS) is 22.7. The highest BCUT2D eigenvalue weighted by atomic mass is 16.2. The number of nitrogens with zero attached hydrogens (tertiary/aromatic N) is 4. The number of anilines is 1. The Kier molecular flexibility index (Phi) is 5.20. The van der Waals surface area contributed by atoms with Crippen LogP contribution in [0.5, 0.6) is 0 Å².